The molecule has 3 aromatic rings. The molecular weight excluding hydrogens is 332 g/mol. The lowest BCUT2D eigenvalue weighted by Gasteiger charge is -2.38. The number of carbonyl (C=O) groups is 1. The Bertz CT molecular complexity index is 922. The van der Waals surface area contributed by atoms with E-state index in [0.717, 1.165) is 21.4 Å². The van der Waals surface area contributed by atoms with E-state index in [1.54, 1.807) is 11.8 Å². The number of aromatic nitrogens is 1. The summed E-state index contributed by atoms with van der Waals surface area (Å²) in [5.74, 6) is 0.677. The largest absolute Gasteiger partial charge is 0.471 e. The molecule has 1 saturated heterocycles. The van der Waals surface area contributed by atoms with E-state index in [4.69, 9.17) is 4.74 Å². The van der Waals surface area contributed by atoms with Gasteiger partial charge in [-0.05, 0) is 30.5 Å². The normalized spacial score (nSPS) is 14.4. The highest BCUT2D eigenvalue weighted by Crippen LogP contribution is 2.25. The molecule has 0 saturated carbocycles. The van der Waals surface area contributed by atoms with Crippen molar-refractivity contribution in [1.29, 1.82) is 0 Å². The third kappa shape index (κ3) is 3.20. The molecule has 5 heteroatoms. The molecule has 2 aromatic carbocycles. The van der Waals surface area contributed by atoms with Gasteiger partial charge in [-0.25, -0.2) is 4.98 Å². The summed E-state index contributed by atoms with van der Waals surface area (Å²) in [5, 5.41) is 1.09. The Morgan fingerprint density at radius 2 is 1.84 bits per heavy atom. The molecule has 1 aliphatic heterocycles. The van der Waals surface area contributed by atoms with Crippen LogP contribution in [-0.2, 0) is 0 Å². The fraction of sp³-hybridized carbons (Fsp3) is 0.200. The molecule has 1 aromatic heterocycles. The third-order valence-electron chi connectivity index (χ3n) is 4.33. The average molecular weight is 350 g/mol. The molecule has 0 unspecified atom stereocenters. The summed E-state index contributed by atoms with van der Waals surface area (Å²) in [4.78, 5) is 20.0. The van der Waals surface area contributed by atoms with Crippen LogP contribution >= 0.6 is 11.8 Å². The Kier molecular flexibility index (Phi) is 4.32. The molecule has 0 N–H and O–H groups in total. The number of rotatable bonds is 4. The first-order valence-corrected chi connectivity index (χ1v) is 9.42. The Balaban J connectivity index is 1.40. The van der Waals surface area contributed by atoms with Gasteiger partial charge in [0, 0.05) is 16.3 Å². The van der Waals surface area contributed by atoms with E-state index in [2.05, 4.69) is 4.98 Å². The molecule has 4 nitrogen and oxygen atoms in total. The fourth-order valence-corrected chi connectivity index (χ4v) is 3.54. The van der Waals surface area contributed by atoms with Gasteiger partial charge in [-0.15, -0.1) is 11.8 Å². The fourth-order valence-electron chi connectivity index (χ4n) is 2.95. The summed E-state index contributed by atoms with van der Waals surface area (Å²) < 4.78 is 5.92. The summed E-state index contributed by atoms with van der Waals surface area (Å²) in [7, 11) is 0. The van der Waals surface area contributed by atoms with Crippen LogP contribution in [0.15, 0.2) is 65.6 Å². The van der Waals surface area contributed by atoms with E-state index in [-0.39, 0.29) is 12.0 Å². The summed E-state index contributed by atoms with van der Waals surface area (Å²) in [6, 6.07) is 19.6. The van der Waals surface area contributed by atoms with Crippen LogP contribution in [0.25, 0.3) is 10.9 Å². The molecule has 0 atom stereocenters. The summed E-state index contributed by atoms with van der Waals surface area (Å²) in [6.45, 7) is 1.19. The summed E-state index contributed by atoms with van der Waals surface area (Å²) in [5.41, 5.74) is 1.68. The van der Waals surface area contributed by atoms with Crippen molar-refractivity contribution >= 4 is 28.6 Å². The predicted octanol–water partition coefficient (Wildman–Crippen LogP) is 3.86. The predicted molar refractivity (Wildman–Crippen MR) is 100 cm³/mol. The second kappa shape index (κ2) is 6.76. The second-order valence-electron chi connectivity index (χ2n) is 5.99. The number of thioether (sulfide) groups is 1. The van der Waals surface area contributed by atoms with Crippen molar-refractivity contribution in [2.24, 2.45) is 0 Å². The molecule has 1 aliphatic rings. The number of hydrogen-bond donors (Lipinski definition) is 0. The van der Waals surface area contributed by atoms with Crippen LogP contribution in [0.3, 0.4) is 0 Å². The number of carbonyl (C=O) groups excluding carboxylic acids is 1. The third-order valence-corrected chi connectivity index (χ3v) is 5.13. The highest BCUT2D eigenvalue weighted by molar-refractivity contribution is 7.98. The van der Waals surface area contributed by atoms with Gasteiger partial charge in [0.25, 0.3) is 5.91 Å². The van der Waals surface area contributed by atoms with Gasteiger partial charge in [-0.2, -0.15) is 0 Å². The number of pyridine rings is 1. The quantitative estimate of drug-likeness (QED) is 0.670. The smallest absolute Gasteiger partial charge is 0.255 e. The lowest BCUT2D eigenvalue weighted by molar-refractivity contribution is 0.0159. The Morgan fingerprint density at radius 1 is 1.08 bits per heavy atom. The lowest BCUT2D eigenvalue weighted by atomic mass is 10.1. The molecule has 0 bridgehead atoms. The van der Waals surface area contributed by atoms with E-state index in [1.807, 2.05) is 71.8 Å². The van der Waals surface area contributed by atoms with Gasteiger partial charge in [0.2, 0.25) is 5.88 Å². The zero-order valence-electron chi connectivity index (χ0n) is 13.9. The number of benzene rings is 2. The number of hydrogen-bond acceptors (Lipinski definition) is 4. The number of ether oxygens (including phenoxy) is 1. The van der Waals surface area contributed by atoms with Crippen LogP contribution in [0.5, 0.6) is 5.88 Å². The molecule has 126 valence electrons. The molecule has 1 fully saturated rings. The van der Waals surface area contributed by atoms with Crippen molar-refractivity contribution in [2.45, 2.75) is 11.0 Å². The molecule has 25 heavy (non-hydrogen) atoms. The number of para-hydroxylation sites is 1. The maximum Gasteiger partial charge on any atom is 0.255 e. The van der Waals surface area contributed by atoms with Crippen molar-refractivity contribution in [3.8, 4) is 5.88 Å². The van der Waals surface area contributed by atoms with E-state index in [0.29, 0.717) is 19.0 Å². The van der Waals surface area contributed by atoms with Gasteiger partial charge in [-0.3, -0.25) is 4.79 Å². The average Bonchev–Trinajstić information content (AvgIpc) is 2.63. The highest BCUT2D eigenvalue weighted by Gasteiger charge is 2.33. The van der Waals surface area contributed by atoms with E-state index < -0.39 is 0 Å². The van der Waals surface area contributed by atoms with Gasteiger partial charge < -0.3 is 9.64 Å². The Morgan fingerprint density at radius 3 is 2.68 bits per heavy atom. The first kappa shape index (κ1) is 16.0. The van der Waals surface area contributed by atoms with E-state index >= 15 is 0 Å². The number of likely N-dealkylation sites (tertiary alicyclic amines) is 1. The maximum absolute atomic E-state index is 12.6. The molecule has 4 rings (SSSR count). The topological polar surface area (TPSA) is 42.4 Å². The van der Waals surface area contributed by atoms with Crippen LogP contribution in [-0.4, -0.2) is 41.2 Å². The van der Waals surface area contributed by atoms with Crippen molar-refractivity contribution in [1.82, 2.24) is 9.88 Å². The van der Waals surface area contributed by atoms with Crippen LogP contribution in [0.1, 0.15) is 10.4 Å². The summed E-state index contributed by atoms with van der Waals surface area (Å²) in [6.07, 6.45) is 1.98. The van der Waals surface area contributed by atoms with Crippen LogP contribution in [0.2, 0.25) is 0 Å². The highest BCUT2D eigenvalue weighted by atomic mass is 32.2. The van der Waals surface area contributed by atoms with Crippen molar-refractivity contribution in [2.75, 3.05) is 19.3 Å². The van der Waals surface area contributed by atoms with Gasteiger partial charge in [0.1, 0.15) is 6.10 Å². The number of amides is 1. The minimum absolute atomic E-state index is 0.000876. The van der Waals surface area contributed by atoms with Gasteiger partial charge in [0.15, 0.2) is 0 Å². The SMILES string of the molecule is CSc1ccccc1C(=O)N1CC(Oc2ccc3ccccc3n2)C1. The minimum atomic E-state index is -0.000876. The molecule has 0 aliphatic carbocycles. The van der Waals surface area contributed by atoms with E-state index in [1.165, 1.54) is 0 Å². The number of fused-ring (bicyclic) bond motifs is 1. The minimum Gasteiger partial charge on any atom is -0.471 e. The van der Waals surface area contributed by atoms with Gasteiger partial charge in [-0.1, -0.05) is 30.3 Å². The monoisotopic (exact) mass is 350 g/mol. The maximum atomic E-state index is 12.6. The van der Waals surface area contributed by atoms with Gasteiger partial charge in [0.05, 0.1) is 24.2 Å². The molecular formula is C20H18N2O2S. The van der Waals surface area contributed by atoms with Crippen molar-refractivity contribution in [3.63, 3.8) is 0 Å². The van der Waals surface area contributed by atoms with Crippen molar-refractivity contribution < 1.29 is 9.53 Å². The second-order valence-corrected chi connectivity index (χ2v) is 6.84. The van der Waals surface area contributed by atoms with Crippen molar-refractivity contribution in [3.05, 3.63) is 66.2 Å². The molecule has 1 amide bonds. The van der Waals surface area contributed by atoms with Crippen LogP contribution < -0.4 is 4.74 Å². The Labute approximate surface area is 150 Å². The molecule has 0 spiro atoms. The van der Waals surface area contributed by atoms with E-state index in [9.17, 15) is 4.79 Å². The van der Waals surface area contributed by atoms with Crippen LogP contribution in [0, 0.1) is 0 Å². The zero-order chi connectivity index (χ0) is 17.2. The lowest BCUT2D eigenvalue weighted by Crippen LogP contribution is -2.56. The molecule has 2 heterocycles. The summed E-state index contributed by atoms with van der Waals surface area (Å²) >= 11 is 1.59. The van der Waals surface area contributed by atoms with Crippen LogP contribution in [0.4, 0.5) is 0 Å². The standard InChI is InChI=1S/C20H18N2O2S/c1-25-18-9-5-3-7-16(18)20(23)22-12-15(13-22)24-19-11-10-14-6-2-4-8-17(14)21-19/h2-11,15H,12-13H2,1H3. The Hall–Kier alpha value is -2.53. The first-order valence-electron chi connectivity index (χ1n) is 8.19. The molecule has 0 radical (unpaired) electrons. The first-order chi connectivity index (χ1) is 12.2. The zero-order valence-corrected chi connectivity index (χ0v) is 14.7. The van der Waals surface area contributed by atoms with Gasteiger partial charge >= 0.3 is 0 Å². The number of nitrogens with zero attached hydrogens (tertiary/aromatic N) is 2.